The third-order valence-electron chi connectivity index (χ3n) is 1.52. The first-order chi connectivity index (χ1) is 4.30. The quantitative estimate of drug-likeness (QED) is 0.502. The average molecular weight is 129 g/mol. The van der Waals surface area contributed by atoms with Gasteiger partial charge in [0.05, 0.1) is 12.7 Å². The minimum Gasteiger partial charge on any atom is -0.236 e. The van der Waals surface area contributed by atoms with Crippen molar-refractivity contribution in [1.29, 1.82) is 0 Å². The molecule has 9 heavy (non-hydrogen) atoms. The molecule has 0 aromatic heterocycles. The summed E-state index contributed by atoms with van der Waals surface area (Å²) < 4.78 is 0. The van der Waals surface area contributed by atoms with Gasteiger partial charge >= 0.3 is 0 Å². The molecular weight excluding hydrogens is 116 g/mol. The van der Waals surface area contributed by atoms with Gasteiger partial charge in [-0.1, -0.05) is 13.8 Å². The van der Waals surface area contributed by atoms with E-state index in [0.29, 0.717) is 0 Å². The van der Waals surface area contributed by atoms with Crippen molar-refractivity contribution in [3.8, 4) is 0 Å². The molecule has 0 amide bonds. The minimum atomic E-state index is 0.249. The normalized spacial score (nSPS) is 29.0. The monoisotopic (exact) mass is 129 g/mol. The highest BCUT2D eigenvalue weighted by atomic mass is 17.2. The Morgan fingerprint density at radius 1 is 1.44 bits per heavy atom. The van der Waals surface area contributed by atoms with E-state index in [1.54, 1.807) is 0 Å². The van der Waals surface area contributed by atoms with Gasteiger partial charge in [0.1, 0.15) is 0 Å². The summed E-state index contributed by atoms with van der Waals surface area (Å²) in [5.74, 6) is 1.30. The van der Waals surface area contributed by atoms with Crippen LogP contribution in [0.2, 0.25) is 0 Å². The highest BCUT2D eigenvalue weighted by molar-refractivity contribution is 4.87. The fourth-order valence-electron chi connectivity index (χ4n) is 0.891. The predicted molar refractivity (Wildman–Crippen MR) is 34.6 cm³/mol. The van der Waals surface area contributed by atoms with E-state index in [1.807, 2.05) is 0 Å². The van der Waals surface area contributed by atoms with E-state index in [-0.39, 0.29) is 6.10 Å². The molecule has 1 radical (unpaired) electrons. The topological polar surface area (TPSA) is 18.5 Å². The lowest BCUT2D eigenvalue weighted by Crippen LogP contribution is -2.23. The Morgan fingerprint density at radius 3 is 2.56 bits per heavy atom. The van der Waals surface area contributed by atoms with Gasteiger partial charge in [-0.25, -0.2) is 9.78 Å². The molecule has 0 aromatic rings. The van der Waals surface area contributed by atoms with Crippen LogP contribution in [-0.2, 0) is 9.78 Å². The van der Waals surface area contributed by atoms with Crippen molar-refractivity contribution in [1.82, 2.24) is 0 Å². The molecular formula is C7H13O2. The first-order valence-electron chi connectivity index (χ1n) is 3.39. The molecule has 1 aliphatic heterocycles. The van der Waals surface area contributed by atoms with E-state index in [1.165, 1.54) is 5.92 Å². The Hall–Kier alpha value is -0.0800. The number of hydrogen-bond donors (Lipinski definition) is 0. The molecule has 0 bridgehead atoms. The molecule has 2 nitrogen and oxygen atoms in total. The highest BCUT2D eigenvalue weighted by Gasteiger charge is 2.18. The van der Waals surface area contributed by atoms with Crippen LogP contribution in [0.3, 0.4) is 0 Å². The van der Waals surface area contributed by atoms with E-state index in [4.69, 9.17) is 9.78 Å². The highest BCUT2D eigenvalue weighted by Crippen LogP contribution is 2.18. The standard InChI is InChI=1S/C7H13O2/c1-6(2)7-4-3-5-8-9-7/h7H,3-5H2,1-2H3. The van der Waals surface area contributed by atoms with Crippen molar-refractivity contribution >= 4 is 0 Å². The predicted octanol–water partition coefficient (Wildman–Crippen LogP) is 1.71. The van der Waals surface area contributed by atoms with Crippen LogP contribution >= 0.6 is 0 Å². The van der Waals surface area contributed by atoms with Gasteiger partial charge in [0.15, 0.2) is 0 Å². The van der Waals surface area contributed by atoms with Gasteiger partial charge in [-0.3, -0.25) is 0 Å². The smallest absolute Gasteiger partial charge is 0.0987 e. The minimum absolute atomic E-state index is 0.249. The van der Waals surface area contributed by atoms with E-state index < -0.39 is 0 Å². The molecule has 0 aromatic carbocycles. The van der Waals surface area contributed by atoms with E-state index >= 15 is 0 Å². The third-order valence-corrected chi connectivity index (χ3v) is 1.52. The molecule has 1 saturated heterocycles. The summed E-state index contributed by atoms with van der Waals surface area (Å²) in [6, 6.07) is 0. The molecule has 0 spiro atoms. The van der Waals surface area contributed by atoms with Crippen LogP contribution in [0.25, 0.3) is 0 Å². The Balaban J connectivity index is 2.23. The Labute approximate surface area is 56.1 Å². The van der Waals surface area contributed by atoms with E-state index in [2.05, 4.69) is 13.8 Å². The Kier molecular flexibility index (Phi) is 2.49. The van der Waals surface area contributed by atoms with E-state index in [9.17, 15) is 0 Å². The second-order valence-electron chi connectivity index (χ2n) is 2.63. The average Bonchev–Trinajstić information content (AvgIpc) is 1.90. The number of hydrogen-bond acceptors (Lipinski definition) is 2. The molecule has 0 N–H and O–H groups in total. The molecule has 1 atom stereocenters. The van der Waals surface area contributed by atoms with Gasteiger partial charge in [0.2, 0.25) is 0 Å². The van der Waals surface area contributed by atoms with Gasteiger partial charge in [-0.2, -0.15) is 0 Å². The molecule has 53 valence electrons. The SMILES string of the molecule is C[C](C)C1CCCOO1. The second kappa shape index (κ2) is 3.18. The summed E-state index contributed by atoms with van der Waals surface area (Å²) in [5, 5.41) is 0. The molecule has 1 heterocycles. The molecule has 1 aliphatic rings. The summed E-state index contributed by atoms with van der Waals surface area (Å²) >= 11 is 0. The van der Waals surface area contributed by atoms with E-state index in [0.717, 1.165) is 19.4 Å². The van der Waals surface area contributed by atoms with Gasteiger partial charge < -0.3 is 0 Å². The maximum Gasteiger partial charge on any atom is 0.0987 e. The summed E-state index contributed by atoms with van der Waals surface area (Å²) in [6.07, 6.45) is 2.48. The fourth-order valence-corrected chi connectivity index (χ4v) is 0.891. The van der Waals surface area contributed by atoms with Crippen LogP contribution in [0.4, 0.5) is 0 Å². The van der Waals surface area contributed by atoms with Crippen LogP contribution in [0.1, 0.15) is 26.7 Å². The zero-order valence-electron chi connectivity index (χ0n) is 6.02. The van der Waals surface area contributed by atoms with Gasteiger partial charge in [-0.05, 0) is 12.8 Å². The van der Waals surface area contributed by atoms with Crippen LogP contribution < -0.4 is 0 Å². The lowest BCUT2D eigenvalue weighted by molar-refractivity contribution is -0.340. The third kappa shape index (κ3) is 1.95. The summed E-state index contributed by atoms with van der Waals surface area (Å²) in [6.45, 7) is 4.89. The molecule has 1 unspecified atom stereocenters. The molecule has 0 saturated carbocycles. The molecule has 0 aliphatic carbocycles. The molecule has 2 heteroatoms. The summed E-state index contributed by atoms with van der Waals surface area (Å²) in [4.78, 5) is 9.82. The van der Waals surface area contributed by atoms with Crippen molar-refractivity contribution in [2.45, 2.75) is 32.8 Å². The maximum atomic E-state index is 5.00. The largest absolute Gasteiger partial charge is 0.236 e. The lowest BCUT2D eigenvalue weighted by Gasteiger charge is -2.23. The van der Waals surface area contributed by atoms with Crippen molar-refractivity contribution < 1.29 is 9.78 Å². The van der Waals surface area contributed by atoms with Gasteiger partial charge in [-0.15, -0.1) is 0 Å². The Bertz CT molecular complexity index is 75.0. The summed E-state index contributed by atoms with van der Waals surface area (Å²) in [7, 11) is 0. The Morgan fingerprint density at radius 2 is 2.22 bits per heavy atom. The van der Waals surface area contributed by atoms with Crippen molar-refractivity contribution in [2.24, 2.45) is 0 Å². The maximum absolute atomic E-state index is 5.00. The fraction of sp³-hybridized carbons (Fsp3) is 0.857. The van der Waals surface area contributed by atoms with Gasteiger partial charge in [0, 0.05) is 5.92 Å². The second-order valence-corrected chi connectivity index (χ2v) is 2.63. The van der Waals surface area contributed by atoms with Crippen LogP contribution in [0.5, 0.6) is 0 Å². The lowest BCUT2D eigenvalue weighted by atomic mass is 10.0. The number of rotatable bonds is 1. The first-order valence-corrected chi connectivity index (χ1v) is 3.39. The summed E-state index contributed by atoms with van der Waals surface area (Å²) in [5.41, 5.74) is 0. The molecule has 1 rings (SSSR count). The van der Waals surface area contributed by atoms with Crippen molar-refractivity contribution in [3.05, 3.63) is 5.92 Å². The van der Waals surface area contributed by atoms with Gasteiger partial charge in [0.25, 0.3) is 0 Å². The van der Waals surface area contributed by atoms with Crippen molar-refractivity contribution in [3.63, 3.8) is 0 Å². The van der Waals surface area contributed by atoms with Crippen LogP contribution in [0, 0.1) is 5.92 Å². The zero-order valence-corrected chi connectivity index (χ0v) is 6.02. The molecule has 1 fully saturated rings. The first kappa shape index (κ1) is 7.03. The van der Waals surface area contributed by atoms with Crippen LogP contribution in [-0.4, -0.2) is 12.7 Å². The zero-order chi connectivity index (χ0) is 6.69. The van der Waals surface area contributed by atoms with Crippen LogP contribution in [0.15, 0.2) is 0 Å². The van der Waals surface area contributed by atoms with Crippen molar-refractivity contribution in [2.75, 3.05) is 6.61 Å².